The highest BCUT2D eigenvalue weighted by molar-refractivity contribution is 5.78. The monoisotopic (exact) mass is 241 g/mol. The Morgan fingerprint density at radius 2 is 1.82 bits per heavy atom. The van der Waals surface area contributed by atoms with E-state index in [1.165, 1.54) is 12.8 Å². The molecule has 0 bridgehead atoms. The lowest BCUT2D eigenvalue weighted by Gasteiger charge is -2.38. The van der Waals surface area contributed by atoms with Crippen molar-refractivity contribution in [3.05, 3.63) is 0 Å². The minimum atomic E-state index is 0.262. The molecule has 0 saturated carbocycles. The number of carbonyl (C=O) groups excluding carboxylic acids is 1. The summed E-state index contributed by atoms with van der Waals surface area (Å²) in [6, 6.07) is 0.658. The summed E-state index contributed by atoms with van der Waals surface area (Å²) < 4.78 is 0. The third-order valence-corrected chi connectivity index (χ3v) is 3.45. The summed E-state index contributed by atoms with van der Waals surface area (Å²) in [5.41, 5.74) is 0. The van der Waals surface area contributed by atoms with Crippen LogP contribution in [-0.4, -0.2) is 73.5 Å². The Kier molecular flexibility index (Phi) is 5.92. The number of piperazine rings is 1. The van der Waals surface area contributed by atoms with Crippen LogP contribution in [0.3, 0.4) is 0 Å². The van der Waals surface area contributed by atoms with E-state index in [0.29, 0.717) is 12.6 Å². The summed E-state index contributed by atoms with van der Waals surface area (Å²) in [5, 5.41) is 0. The van der Waals surface area contributed by atoms with Crippen molar-refractivity contribution in [2.75, 3.05) is 46.8 Å². The quantitative estimate of drug-likeness (QED) is 0.715. The molecule has 100 valence electrons. The molecule has 1 rings (SSSR count). The van der Waals surface area contributed by atoms with E-state index in [2.05, 4.69) is 18.7 Å². The zero-order valence-corrected chi connectivity index (χ0v) is 11.8. The van der Waals surface area contributed by atoms with Crippen LogP contribution in [0, 0.1) is 0 Å². The Morgan fingerprint density at radius 1 is 1.24 bits per heavy atom. The normalized spacial score (nSPS) is 19.7. The van der Waals surface area contributed by atoms with Gasteiger partial charge in [-0.05, 0) is 27.4 Å². The van der Waals surface area contributed by atoms with E-state index in [9.17, 15) is 4.79 Å². The summed E-state index contributed by atoms with van der Waals surface area (Å²) in [7, 11) is 3.88. The van der Waals surface area contributed by atoms with Crippen molar-refractivity contribution in [1.29, 1.82) is 0 Å². The summed E-state index contributed by atoms with van der Waals surface area (Å²) in [6.07, 6.45) is 2.49. The van der Waals surface area contributed by atoms with Crippen molar-refractivity contribution >= 4 is 5.91 Å². The van der Waals surface area contributed by atoms with Gasteiger partial charge in [-0.25, -0.2) is 0 Å². The minimum Gasteiger partial charge on any atom is -0.339 e. The first-order valence-electron chi connectivity index (χ1n) is 6.71. The van der Waals surface area contributed by atoms with Crippen LogP contribution in [0.1, 0.15) is 26.7 Å². The van der Waals surface area contributed by atoms with Gasteiger partial charge in [-0.3, -0.25) is 9.69 Å². The minimum absolute atomic E-state index is 0.262. The van der Waals surface area contributed by atoms with E-state index in [-0.39, 0.29) is 5.91 Å². The number of likely N-dealkylation sites (N-methyl/N-ethyl adjacent to an activating group) is 1. The van der Waals surface area contributed by atoms with Crippen LogP contribution in [0.2, 0.25) is 0 Å². The average molecular weight is 241 g/mol. The van der Waals surface area contributed by atoms with Gasteiger partial charge in [-0.15, -0.1) is 0 Å². The van der Waals surface area contributed by atoms with Crippen LogP contribution < -0.4 is 0 Å². The first kappa shape index (κ1) is 14.5. The third kappa shape index (κ3) is 4.64. The van der Waals surface area contributed by atoms with Gasteiger partial charge >= 0.3 is 0 Å². The van der Waals surface area contributed by atoms with Gasteiger partial charge in [0.1, 0.15) is 0 Å². The first-order valence-corrected chi connectivity index (χ1v) is 6.71. The molecule has 0 aromatic heterocycles. The lowest BCUT2D eigenvalue weighted by Crippen LogP contribution is -2.52. The molecule has 0 radical (unpaired) electrons. The topological polar surface area (TPSA) is 26.8 Å². The zero-order valence-electron chi connectivity index (χ0n) is 11.8. The number of hydrogen-bond acceptors (Lipinski definition) is 3. The summed E-state index contributed by atoms with van der Waals surface area (Å²) in [4.78, 5) is 18.3. The molecule has 1 heterocycles. The molecule has 1 fully saturated rings. The van der Waals surface area contributed by atoms with Gasteiger partial charge in [-0.1, -0.05) is 13.3 Å². The van der Waals surface area contributed by atoms with E-state index in [1.807, 2.05) is 23.9 Å². The lowest BCUT2D eigenvalue weighted by atomic mass is 10.1. The molecule has 0 aromatic rings. The average Bonchev–Trinajstić information content (AvgIpc) is 2.28. The second-order valence-corrected chi connectivity index (χ2v) is 5.29. The molecule has 4 heteroatoms. The van der Waals surface area contributed by atoms with E-state index < -0.39 is 0 Å². The van der Waals surface area contributed by atoms with Crippen molar-refractivity contribution in [1.82, 2.24) is 14.7 Å². The smallest absolute Gasteiger partial charge is 0.236 e. The molecule has 1 atom stereocenters. The fraction of sp³-hybridized carbons (Fsp3) is 0.923. The Hall–Kier alpha value is -0.610. The van der Waals surface area contributed by atoms with Crippen molar-refractivity contribution in [3.63, 3.8) is 0 Å². The van der Waals surface area contributed by atoms with Crippen LogP contribution in [0.4, 0.5) is 0 Å². The van der Waals surface area contributed by atoms with Crippen molar-refractivity contribution in [2.24, 2.45) is 0 Å². The number of amides is 1. The fourth-order valence-corrected chi connectivity index (χ4v) is 2.38. The molecular weight excluding hydrogens is 214 g/mol. The van der Waals surface area contributed by atoms with Gasteiger partial charge in [0.2, 0.25) is 5.91 Å². The molecule has 1 aliphatic heterocycles. The Labute approximate surface area is 106 Å². The van der Waals surface area contributed by atoms with Crippen LogP contribution in [0.25, 0.3) is 0 Å². The van der Waals surface area contributed by atoms with Crippen LogP contribution in [0.15, 0.2) is 0 Å². The van der Waals surface area contributed by atoms with Gasteiger partial charge < -0.3 is 9.80 Å². The Morgan fingerprint density at radius 3 is 2.29 bits per heavy atom. The molecule has 1 amide bonds. The first-order chi connectivity index (χ1) is 8.04. The van der Waals surface area contributed by atoms with Gasteiger partial charge in [-0.2, -0.15) is 0 Å². The number of carbonyl (C=O) groups is 1. The van der Waals surface area contributed by atoms with Crippen LogP contribution in [-0.2, 0) is 4.79 Å². The molecular formula is C13H27N3O. The third-order valence-electron chi connectivity index (χ3n) is 3.45. The standard InChI is InChI=1S/C13H27N3O/c1-5-6-12(2)15-7-9-16(10-8-15)13(17)11-14(3)4/h12H,5-11H2,1-4H3. The SMILES string of the molecule is CCCC(C)N1CCN(C(=O)CN(C)C)CC1. The Bertz CT molecular complexity index is 235. The second-order valence-electron chi connectivity index (χ2n) is 5.29. The number of hydrogen-bond donors (Lipinski definition) is 0. The van der Waals surface area contributed by atoms with Crippen molar-refractivity contribution < 1.29 is 4.79 Å². The van der Waals surface area contributed by atoms with Gasteiger partial charge in [0.15, 0.2) is 0 Å². The van der Waals surface area contributed by atoms with Gasteiger partial charge in [0.25, 0.3) is 0 Å². The van der Waals surface area contributed by atoms with Gasteiger partial charge in [0.05, 0.1) is 6.54 Å². The summed E-state index contributed by atoms with van der Waals surface area (Å²) >= 11 is 0. The second kappa shape index (κ2) is 6.97. The molecule has 0 spiro atoms. The maximum Gasteiger partial charge on any atom is 0.236 e. The highest BCUT2D eigenvalue weighted by Gasteiger charge is 2.23. The van der Waals surface area contributed by atoms with Crippen molar-refractivity contribution in [2.45, 2.75) is 32.7 Å². The predicted molar refractivity (Wildman–Crippen MR) is 71.1 cm³/mol. The van der Waals surface area contributed by atoms with E-state index in [1.54, 1.807) is 0 Å². The lowest BCUT2D eigenvalue weighted by molar-refractivity contribution is -0.133. The van der Waals surface area contributed by atoms with Crippen LogP contribution in [0.5, 0.6) is 0 Å². The van der Waals surface area contributed by atoms with E-state index in [0.717, 1.165) is 26.2 Å². The molecule has 1 unspecified atom stereocenters. The molecule has 0 aromatic carbocycles. The molecule has 0 N–H and O–H groups in total. The molecule has 17 heavy (non-hydrogen) atoms. The molecule has 4 nitrogen and oxygen atoms in total. The highest BCUT2D eigenvalue weighted by Crippen LogP contribution is 2.10. The highest BCUT2D eigenvalue weighted by atomic mass is 16.2. The van der Waals surface area contributed by atoms with Crippen molar-refractivity contribution in [3.8, 4) is 0 Å². The summed E-state index contributed by atoms with van der Waals surface area (Å²) in [5.74, 6) is 0.262. The molecule has 1 aliphatic rings. The maximum absolute atomic E-state index is 11.9. The summed E-state index contributed by atoms with van der Waals surface area (Å²) in [6.45, 7) is 8.89. The molecule has 0 aliphatic carbocycles. The maximum atomic E-state index is 11.9. The van der Waals surface area contributed by atoms with E-state index in [4.69, 9.17) is 0 Å². The number of rotatable bonds is 5. The van der Waals surface area contributed by atoms with Gasteiger partial charge in [0, 0.05) is 32.2 Å². The fourth-order valence-electron chi connectivity index (χ4n) is 2.38. The Balaban J connectivity index is 2.32. The number of nitrogens with zero attached hydrogens (tertiary/aromatic N) is 3. The van der Waals surface area contributed by atoms with E-state index >= 15 is 0 Å². The zero-order chi connectivity index (χ0) is 12.8. The molecule has 1 saturated heterocycles. The predicted octanol–water partition coefficient (Wildman–Crippen LogP) is 0.881. The van der Waals surface area contributed by atoms with Crippen LogP contribution >= 0.6 is 0 Å². The largest absolute Gasteiger partial charge is 0.339 e.